The van der Waals surface area contributed by atoms with E-state index in [0.717, 1.165) is 0 Å². The molecule has 0 atom stereocenters. The third-order valence-electron chi connectivity index (χ3n) is 2.47. The molecule has 86 valence electrons. The molecule has 0 saturated carbocycles. The lowest BCUT2D eigenvalue weighted by Crippen LogP contribution is -2.17. The van der Waals surface area contributed by atoms with Gasteiger partial charge in [0.1, 0.15) is 11.3 Å². The Labute approximate surface area is 91.7 Å². The molecule has 2 rings (SSSR count). The van der Waals surface area contributed by atoms with Gasteiger partial charge < -0.3 is 9.72 Å². The molecule has 0 aliphatic rings. The molecular formula is C11H13FN2O2. The van der Waals surface area contributed by atoms with Crippen LogP contribution >= 0.6 is 0 Å². The van der Waals surface area contributed by atoms with E-state index in [1.165, 1.54) is 10.6 Å². The number of benzene rings is 1. The normalized spacial score (nSPS) is 11.1. The zero-order chi connectivity index (χ0) is 11.5. The summed E-state index contributed by atoms with van der Waals surface area (Å²) < 4.78 is 19.9. The van der Waals surface area contributed by atoms with Crippen molar-refractivity contribution in [3.8, 4) is 0 Å². The molecule has 4 nitrogen and oxygen atoms in total. The molecule has 1 aromatic carbocycles. The van der Waals surface area contributed by atoms with E-state index < -0.39 is 0 Å². The minimum absolute atomic E-state index is 0.281. The van der Waals surface area contributed by atoms with Gasteiger partial charge in [-0.05, 0) is 18.6 Å². The average Bonchev–Trinajstić information content (AvgIpc) is 2.57. The van der Waals surface area contributed by atoms with Crippen LogP contribution in [0, 0.1) is 5.82 Å². The molecule has 16 heavy (non-hydrogen) atoms. The summed E-state index contributed by atoms with van der Waals surface area (Å²) in [6.07, 6.45) is 0.678. The topological polar surface area (TPSA) is 47.0 Å². The second-order valence-corrected chi connectivity index (χ2v) is 3.56. The lowest BCUT2D eigenvalue weighted by Gasteiger charge is -2.03. The first-order chi connectivity index (χ1) is 7.74. The van der Waals surface area contributed by atoms with Gasteiger partial charge in [-0.25, -0.2) is 9.18 Å². The fourth-order valence-electron chi connectivity index (χ4n) is 1.76. The number of aromatic amines is 1. The Morgan fingerprint density at radius 1 is 1.50 bits per heavy atom. The molecule has 0 radical (unpaired) electrons. The maximum atomic E-state index is 13.6. The quantitative estimate of drug-likeness (QED) is 0.800. The van der Waals surface area contributed by atoms with E-state index in [1.54, 1.807) is 19.2 Å². The van der Waals surface area contributed by atoms with Crippen LogP contribution < -0.4 is 5.69 Å². The van der Waals surface area contributed by atoms with Crippen molar-refractivity contribution in [2.24, 2.45) is 0 Å². The van der Waals surface area contributed by atoms with Gasteiger partial charge in [0, 0.05) is 20.3 Å². The van der Waals surface area contributed by atoms with Crippen molar-refractivity contribution in [2.75, 3.05) is 13.7 Å². The van der Waals surface area contributed by atoms with Gasteiger partial charge in [-0.3, -0.25) is 4.57 Å². The van der Waals surface area contributed by atoms with Gasteiger partial charge >= 0.3 is 5.69 Å². The molecule has 0 saturated heterocycles. The van der Waals surface area contributed by atoms with Crippen LogP contribution in [0.1, 0.15) is 6.42 Å². The molecule has 1 N–H and O–H groups in total. The summed E-state index contributed by atoms with van der Waals surface area (Å²) in [5, 5.41) is 0. The number of methoxy groups -OCH3 is 1. The molecule has 0 aliphatic heterocycles. The van der Waals surface area contributed by atoms with Gasteiger partial charge in [0.15, 0.2) is 0 Å². The summed E-state index contributed by atoms with van der Waals surface area (Å²) in [7, 11) is 1.60. The number of hydrogen-bond donors (Lipinski definition) is 1. The average molecular weight is 224 g/mol. The monoisotopic (exact) mass is 224 g/mol. The molecule has 2 aromatic rings. The molecule has 0 bridgehead atoms. The van der Waals surface area contributed by atoms with Crippen LogP contribution in [-0.2, 0) is 11.3 Å². The first-order valence-corrected chi connectivity index (χ1v) is 5.10. The van der Waals surface area contributed by atoms with Crippen molar-refractivity contribution >= 4 is 11.0 Å². The van der Waals surface area contributed by atoms with Crippen molar-refractivity contribution in [1.82, 2.24) is 9.55 Å². The fourth-order valence-corrected chi connectivity index (χ4v) is 1.76. The second-order valence-electron chi connectivity index (χ2n) is 3.56. The van der Waals surface area contributed by atoms with Crippen molar-refractivity contribution < 1.29 is 9.13 Å². The van der Waals surface area contributed by atoms with Crippen molar-refractivity contribution in [1.29, 1.82) is 0 Å². The number of nitrogens with one attached hydrogen (secondary N) is 1. The predicted molar refractivity (Wildman–Crippen MR) is 59.0 cm³/mol. The Bertz CT molecular complexity index is 544. The zero-order valence-electron chi connectivity index (χ0n) is 9.00. The van der Waals surface area contributed by atoms with E-state index >= 15 is 0 Å². The van der Waals surface area contributed by atoms with Gasteiger partial charge in [-0.15, -0.1) is 0 Å². The number of rotatable bonds is 4. The minimum Gasteiger partial charge on any atom is -0.385 e. The van der Waals surface area contributed by atoms with E-state index in [0.29, 0.717) is 30.6 Å². The van der Waals surface area contributed by atoms with Crippen molar-refractivity contribution in [3.63, 3.8) is 0 Å². The summed E-state index contributed by atoms with van der Waals surface area (Å²) in [4.78, 5) is 14.2. The first kappa shape index (κ1) is 10.9. The predicted octanol–water partition coefficient (Wildman–Crippen LogP) is 1.51. The Kier molecular flexibility index (Phi) is 3.05. The minimum atomic E-state index is -0.381. The fraction of sp³-hybridized carbons (Fsp3) is 0.364. The van der Waals surface area contributed by atoms with Crippen molar-refractivity contribution in [3.05, 3.63) is 34.5 Å². The Morgan fingerprint density at radius 3 is 3.06 bits per heavy atom. The number of aryl methyl sites for hydroxylation is 1. The highest BCUT2D eigenvalue weighted by atomic mass is 19.1. The van der Waals surface area contributed by atoms with Crippen LogP contribution in [0.25, 0.3) is 11.0 Å². The Balaban J connectivity index is 2.43. The molecule has 0 aliphatic carbocycles. The summed E-state index contributed by atoms with van der Waals surface area (Å²) in [6.45, 7) is 1.00. The summed E-state index contributed by atoms with van der Waals surface area (Å²) in [5.74, 6) is -0.381. The van der Waals surface area contributed by atoms with Crippen LogP contribution in [0.4, 0.5) is 4.39 Å². The van der Waals surface area contributed by atoms with Gasteiger partial charge in [0.25, 0.3) is 0 Å². The standard InChI is InChI=1S/C11H13FN2O2/c1-16-7-3-6-14-10-8(12)4-2-5-9(10)13-11(14)15/h2,4-5H,3,6-7H2,1H3,(H,13,15). The smallest absolute Gasteiger partial charge is 0.326 e. The molecule has 0 spiro atoms. The maximum absolute atomic E-state index is 13.6. The summed E-state index contributed by atoms with van der Waals surface area (Å²) in [5.41, 5.74) is 0.585. The van der Waals surface area contributed by atoms with E-state index in [9.17, 15) is 9.18 Å². The number of aromatic nitrogens is 2. The van der Waals surface area contributed by atoms with Crippen LogP contribution in [-0.4, -0.2) is 23.3 Å². The molecule has 0 unspecified atom stereocenters. The summed E-state index contributed by atoms with van der Waals surface area (Å²) >= 11 is 0. The molecular weight excluding hydrogens is 211 g/mol. The largest absolute Gasteiger partial charge is 0.385 e. The number of ether oxygens (including phenoxy) is 1. The maximum Gasteiger partial charge on any atom is 0.326 e. The molecule has 0 amide bonds. The van der Waals surface area contributed by atoms with Crippen molar-refractivity contribution in [2.45, 2.75) is 13.0 Å². The Hall–Kier alpha value is -1.62. The van der Waals surface area contributed by atoms with E-state index in [-0.39, 0.29) is 11.5 Å². The summed E-state index contributed by atoms with van der Waals surface area (Å²) in [6, 6.07) is 4.61. The number of para-hydroxylation sites is 1. The lowest BCUT2D eigenvalue weighted by molar-refractivity contribution is 0.190. The highest BCUT2D eigenvalue weighted by molar-refractivity contribution is 5.75. The number of hydrogen-bond acceptors (Lipinski definition) is 2. The van der Waals surface area contributed by atoms with E-state index in [4.69, 9.17) is 4.74 Å². The van der Waals surface area contributed by atoms with Gasteiger partial charge in [-0.1, -0.05) is 6.07 Å². The zero-order valence-corrected chi connectivity index (χ0v) is 9.00. The molecule has 1 heterocycles. The SMILES string of the molecule is COCCCn1c(=O)[nH]c2cccc(F)c21. The highest BCUT2D eigenvalue weighted by Crippen LogP contribution is 2.14. The molecule has 1 aromatic heterocycles. The number of nitrogens with zero attached hydrogens (tertiary/aromatic N) is 1. The number of halogens is 1. The van der Waals surface area contributed by atoms with E-state index in [2.05, 4.69) is 4.98 Å². The van der Waals surface area contributed by atoms with Gasteiger partial charge in [0.05, 0.1) is 5.52 Å². The molecule has 0 fully saturated rings. The lowest BCUT2D eigenvalue weighted by atomic mass is 10.3. The first-order valence-electron chi connectivity index (χ1n) is 5.10. The van der Waals surface area contributed by atoms with Gasteiger partial charge in [0.2, 0.25) is 0 Å². The number of H-pyrrole nitrogens is 1. The highest BCUT2D eigenvalue weighted by Gasteiger charge is 2.09. The molecule has 5 heteroatoms. The Morgan fingerprint density at radius 2 is 2.31 bits per heavy atom. The number of fused-ring (bicyclic) bond motifs is 1. The van der Waals surface area contributed by atoms with E-state index in [1.807, 2.05) is 0 Å². The van der Waals surface area contributed by atoms with Crippen LogP contribution in [0.3, 0.4) is 0 Å². The van der Waals surface area contributed by atoms with Crippen LogP contribution in [0.5, 0.6) is 0 Å². The van der Waals surface area contributed by atoms with Crippen LogP contribution in [0.2, 0.25) is 0 Å². The third kappa shape index (κ3) is 1.86. The second kappa shape index (κ2) is 4.49. The number of imidazole rings is 1. The van der Waals surface area contributed by atoms with Crippen LogP contribution in [0.15, 0.2) is 23.0 Å². The third-order valence-corrected chi connectivity index (χ3v) is 2.47. The van der Waals surface area contributed by atoms with Gasteiger partial charge in [-0.2, -0.15) is 0 Å².